The van der Waals surface area contributed by atoms with E-state index < -0.39 is 11.2 Å². The summed E-state index contributed by atoms with van der Waals surface area (Å²) in [6.45, 7) is 6.59. The molecule has 33 heavy (non-hydrogen) atoms. The first-order valence-corrected chi connectivity index (χ1v) is 11.6. The van der Waals surface area contributed by atoms with Crippen LogP contribution in [0.25, 0.3) is 0 Å². The molecule has 1 aliphatic heterocycles. The van der Waals surface area contributed by atoms with Gasteiger partial charge in [0.1, 0.15) is 11.5 Å². The van der Waals surface area contributed by atoms with Gasteiger partial charge in [0.2, 0.25) is 5.91 Å². The Hall–Kier alpha value is -1.38. The summed E-state index contributed by atoms with van der Waals surface area (Å²) < 4.78 is 11.0. The van der Waals surface area contributed by atoms with Crippen LogP contribution in [0, 0.1) is 5.41 Å². The van der Waals surface area contributed by atoms with Crippen molar-refractivity contribution in [2.45, 2.75) is 37.7 Å². The molecule has 0 aromatic heterocycles. The van der Waals surface area contributed by atoms with Gasteiger partial charge < -0.3 is 19.5 Å². The molecule has 0 unspecified atom stereocenters. The molecule has 1 aliphatic rings. The van der Waals surface area contributed by atoms with E-state index in [1.54, 1.807) is 31.3 Å². The maximum absolute atomic E-state index is 13.6. The van der Waals surface area contributed by atoms with Gasteiger partial charge in [-0.2, -0.15) is 0 Å². The second-order valence-electron chi connectivity index (χ2n) is 8.90. The van der Waals surface area contributed by atoms with E-state index in [9.17, 15) is 14.7 Å². The zero-order valence-electron chi connectivity index (χ0n) is 18.8. The van der Waals surface area contributed by atoms with Crippen LogP contribution in [0.5, 0.6) is 11.5 Å². The van der Waals surface area contributed by atoms with Crippen LogP contribution in [0.15, 0.2) is 36.4 Å². The Morgan fingerprint density at radius 2 is 1.82 bits per heavy atom. The van der Waals surface area contributed by atoms with Crippen molar-refractivity contribution in [3.05, 3.63) is 52.5 Å². The van der Waals surface area contributed by atoms with Crippen LogP contribution < -0.4 is 14.4 Å². The first kappa shape index (κ1) is 27.9. The zero-order valence-corrected chi connectivity index (χ0v) is 20.4. The Kier molecular flexibility index (Phi) is 9.59. The number of carbonyl (C=O) groups excluding carboxylic acids is 1. The first-order chi connectivity index (χ1) is 15.0. The first-order valence-electron chi connectivity index (χ1n) is 10.2. The molecule has 0 bridgehead atoms. The van der Waals surface area contributed by atoms with E-state index in [-0.39, 0.29) is 52.6 Å². The van der Waals surface area contributed by atoms with Crippen molar-refractivity contribution < 1.29 is 24.2 Å². The molecule has 0 spiro atoms. The van der Waals surface area contributed by atoms with Gasteiger partial charge >= 0.3 is 35.5 Å². The third-order valence-electron chi connectivity index (χ3n) is 5.12. The number of carboxylic acid groups (broad SMARTS) is 1. The number of aliphatic carboxylic acids is 1. The molecule has 0 aliphatic carbocycles. The number of fused-ring (bicyclic) bond motifs is 1. The van der Waals surface area contributed by atoms with Crippen LogP contribution in [0.4, 0.5) is 5.69 Å². The van der Waals surface area contributed by atoms with E-state index in [0.717, 1.165) is 16.8 Å². The maximum atomic E-state index is 13.6. The molecule has 1 heterocycles. The van der Waals surface area contributed by atoms with Crippen molar-refractivity contribution in [3.63, 3.8) is 0 Å². The summed E-state index contributed by atoms with van der Waals surface area (Å²) in [7, 11) is 3.15. The Labute approximate surface area is 226 Å². The van der Waals surface area contributed by atoms with Gasteiger partial charge in [0, 0.05) is 28.9 Å². The number of carbonyl (C=O) groups is 2. The van der Waals surface area contributed by atoms with Gasteiger partial charge in [0.15, 0.2) is 0 Å². The van der Waals surface area contributed by atoms with E-state index in [1.165, 1.54) is 11.8 Å². The molecule has 1 amide bonds. The van der Waals surface area contributed by atoms with Crippen molar-refractivity contribution in [1.29, 1.82) is 0 Å². The number of carboxylic acids is 1. The fraction of sp³-hybridized carbons (Fsp3) is 0.417. The SMILES string of the molecule is COc1ccc([C@H]2S[C@H](CC(=O)O)C(=O)N(CC(C)(C)C)c3ccc(Cl)cc32)c(OC)c1.[NaH]. The normalized spacial score (nSPS) is 18.1. The minimum absolute atomic E-state index is 0. The number of nitrogens with zero attached hydrogens (tertiary/aromatic N) is 1. The summed E-state index contributed by atoms with van der Waals surface area (Å²) in [5.41, 5.74) is 2.21. The van der Waals surface area contributed by atoms with Gasteiger partial charge in [-0.25, -0.2) is 0 Å². The van der Waals surface area contributed by atoms with Gasteiger partial charge in [-0.15, -0.1) is 11.8 Å². The van der Waals surface area contributed by atoms with Gasteiger partial charge in [-0.05, 0) is 35.2 Å². The molecular weight excluding hydrogens is 473 g/mol. The summed E-state index contributed by atoms with van der Waals surface area (Å²) in [4.78, 5) is 27.0. The molecule has 2 aromatic carbocycles. The number of rotatable bonds is 6. The molecule has 174 valence electrons. The van der Waals surface area contributed by atoms with Crippen molar-refractivity contribution in [2.24, 2.45) is 5.41 Å². The third-order valence-corrected chi connectivity index (χ3v) is 6.83. The number of halogens is 1. The third kappa shape index (κ3) is 6.61. The van der Waals surface area contributed by atoms with E-state index >= 15 is 0 Å². The van der Waals surface area contributed by atoms with Crippen molar-refractivity contribution in [1.82, 2.24) is 0 Å². The average Bonchev–Trinajstić information content (AvgIpc) is 2.82. The standard InChI is InChI=1S/C24H28ClNO5S.Na.H/c1-24(2,3)13-26-18-9-6-14(25)10-17(18)22(32-20(23(26)29)12-21(27)28)16-8-7-15(30-4)11-19(16)31-5;;/h6-11,20,22H,12-13H2,1-5H3,(H,27,28);;/t20-,22-;;/m1../s1. The number of benzene rings is 2. The predicted molar refractivity (Wildman–Crippen MR) is 135 cm³/mol. The predicted octanol–water partition coefficient (Wildman–Crippen LogP) is 4.77. The quantitative estimate of drug-likeness (QED) is 0.575. The van der Waals surface area contributed by atoms with Crippen LogP contribution in [-0.2, 0) is 9.59 Å². The van der Waals surface area contributed by atoms with Gasteiger partial charge in [-0.3, -0.25) is 9.59 Å². The molecule has 0 radical (unpaired) electrons. The number of amides is 1. The molecule has 6 nitrogen and oxygen atoms in total. The summed E-state index contributed by atoms with van der Waals surface area (Å²) in [5.74, 6) is 0.00324. The summed E-state index contributed by atoms with van der Waals surface area (Å²) >= 11 is 7.70. The van der Waals surface area contributed by atoms with Crippen LogP contribution >= 0.6 is 23.4 Å². The van der Waals surface area contributed by atoms with Gasteiger partial charge in [0.05, 0.1) is 31.1 Å². The number of anilines is 1. The van der Waals surface area contributed by atoms with Crippen molar-refractivity contribution >= 4 is 70.5 Å². The Morgan fingerprint density at radius 3 is 2.39 bits per heavy atom. The van der Waals surface area contributed by atoms with Crippen LogP contribution in [-0.4, -0.2) is 72.6 Å². The van der Waals surface area contributed by atoms with Gasteiger partial charge in [0.25, 0.3) is 0 Å². The Morgan fingerprint density at radius 1 is 1.12 bits per heavy atom. The van der Waals surface area contributed by atoms with Crippen LogP contribution in [0.3, 0.4) is 0 Å². The second kappa shape index (κ2) is 11.4. The molecule has 0 saturated heterocycles. The molecule has 0 saturated carbocycles. The monoisotopic (exact) mass is 501 g/mol. The van der Waals surface area contributed by atoms with Crippen LogP contribution in [0.1, 0.15) is 43.6 Å². The number of ether oxygens (including phenoxy) is 2. The number of thioether (sulfide) groups is 1. The summed E-state index contributed by atoms with van der Waals surface area (Å²) in [6, 6.07) is 11.0. The fourth-order valence-corrected chi connectivity index (χ4v) is 5.45. The van der Waals surface area contributed by atoms with E-state index in [1.807, 2.05) is 45.0 Å². The molecule has 1 N–H and O–H groups in total. The number of hydrogen-bond donors (Lipinski definition) is 1. The Balaban J connectivity index is 0.00000385. The molecule has 0 fully saturated rings. The molecule has 2 atom stereocenters. The molecular formula is C24H29ClNNaO5S. The molecule has 2 aromatic rings. The second-order valence-corrected chi connectivity index (χ2v) is 10.6. The summed E-state index contributed by atoms with van der Waals surface area (Å²) in [5, 5.41) is 8.95. The van der Waals surface area contributed by atoms with Gasteiger partial charge in [-0.1, -0.05) is 38.4 Å². The van der Waals surface area contributed by atoms with Crippen LogP contribution in [0.2, 0.25) is 5.02 Å². The van der Waals surface area contributed by atoms with E-state index in [0.29, 0.717) is 23.1 Å². The number of hydrogen-bond acceptors (Lipinski definition) is 5. The molecule has 3 rings (SSSR count). The van der Waals surface area contributed by atoms with E-state index in [2.05, 4.69) is 0 Å². The molecule has 9 heteroatoms. The summed E-state index contributed by atoms with van der Waals surface area (Å²) in [6.07, 6.45) is -0.277. The van der Waals surface area contributed by atoms with E-state index in [4.69, 9.17) is 21.1 Å². The van der Waals surface area contributed by atoms with Crippen molar-refractivity contribution in [2.75, 3.05) is 25.7 Å². The number of methoxy groups -OCH3 is 2. The Bertz CT molecular complexity index is 1030. The van der Waals surface area contributed by atoms with Crippen molar-refractivity contribution in [3.8, 4) is 11.5 Å². The topological polar surface area (TPSA) is 76.1 Å². The fourth-order valence-electron chi connectivity index (χ4n) is 3.78. The average molecular weight is 502 g/mol. The minimum atomic E-state index is -1.02. The zero-order chi connectivity index (χ0) is 23.6.